The minimum Gasteiger partial charge on any atom is -0.369 e. The molecule has 1 saturated heterocycles. The van der Waals surface area contributed by atoms with Crippen molar-refractivity contribution >= 4 is 17.0 Å². The number of benzene rings is 1. The Balaban J connectivity index is 1.39. The third kappa shape index (κ3) is 3.94. The standard InChI is InChI=1S/C22H28N6S/c1-3-8-18(9-4-1)26-13-15-27(16-14-26)21(20-12-7-17-29-20)22-23-24-25-28(22)19-10-5-2-6-11-19/h1,3-4,7-9,12,17,19,21H,2,5-6,10-11,13-16H2/t21-/m0/s1. The molecule has 1 aliphatic heterocycles. The fraction of sp³-hybridized carbons (Fsp3) is 0.500. The Labute approximate surface area is 176 Å². The first-order valence-corrected chi connectivity index (χ1v) is 11.6. The number of hydrogen-bond acceptors (Lipinski definition) is 6. The van der Waals surface area contributed by atoms with Gasteiger partial charge in [-0.3, -0.25) is 4.90 Å². The summed E-state index contributed by atoms with van der Waals surface area (Å²) >= 11 is 1.81. The van der Waals surface area contributed by atoms with Crippen molar-refractivity contribution in [3.05, 3.63) is 58.5 Å². The molecule has 0 radical (unpaired) electrons. The summed E-state index contributed by atoms with van der Waals surface area (Å²) in [6, 6.07) is 15.7. The highest BCUT2D eigenvalue weighted by atomic mass is 32.1. The van der Waals surface area contributed by atoms with Crippen molar-refractivity contribution < 1.29 is 0 Å². The van der Waals surface area contributed by atoms with Gasteiger partial charge in [0.2, 0.25) is 0 Å². The molecule has 1 atom stereocenters. The van der Waals surface area contributed by atoms with Crippen LogP contribution in [0.25, 0.3) is 0 Å². The van der Waals surface area contributed by atoms with E-state index in [1.807, 2.05) is 11.3 Å². The zero-order valence-electron chi connectivity index (χ0n) is 16.7. The van der Waals surface area contributed by atoms with Crippen LogP contribution in [0.4, 0.5) is 5.69 Å². The number of tetrazole rings is 1. The highest BCUT2D eigenvalue weighted by molar-refractivity contribution is 7.10. The SMILES string of the molecule is c1ccc(N2CCN([C@@H](c3cccs3)c3nnnn3C3CCCCC3)CC2)cc1. The van der Waals surface area contributed by atoms with Gasteiger partial charge in [-0.25, -0.2) is 4.68 Å². The summed E-state index contributed by atoms with van der Waals surface area (Å²) in [5.41, 5.74) is 1.31. The van der Waals surface area contributed by atoms with Crippen LogP contribution in [0.1, 0.15) is 54.9 Å². The number of anilines is 1. The summed E-state index contributed by atoms with van der Waals surface area (Å²) in [6.07, 6.45) is 6.28. The lowest BCUT2D eigenvalue weighted by Gasteiger charge is -2.39. The predicted molar refractivity (Wildman–Crippen MR) is 116 cm³/mol. The minimum atomic E-state index is 0.143. The molecular weight excluding hydrogens is 380 g/mol. The quantitative estimate of drug-likeness (QED) is 0.635. The average molecular weight is 409 g/mol. The van der Waals surface area contributed by atoms with Crippen LogP contribution in [0, 0.1) is 0 Å². The number of nitrogens with zero attached hydrogens (tertiary/aromatic N) is 6. The first-order valence-electron chi connectivity index (χ1n) is 10.8. The van der Waals surface area contributed by atoms with E-state index in [0.29, 0.717) is 6.04 Å². The fourth-order valence-electron chi connectivity index (χ4n) is 4.76. The van der Waals surface area contributed by atoms with Crippen LogP contribution in [0.5, 0.6) is 0 Å². The van der Waals surface area contributed by atoms with Gasteiger partial charge in [-0.2, -0.15) is 0 Å². The average Bonchev–Trinajstić information content (AvgIpc) is 3.49. The number of thiophene rings is 1. The van der Waals surface area contributed by atoms with Crippen molar-refractivity contribution in [3.8, 4) is 0 Å². The van der Waals surface area contributed by atoms with E-state index in [-0.39, 0.29) is 6.04 Å². The molecule has 2 fully saturated rings. The van der Waals surface area contributed by atoms with E-state index in [1.54, 1.807) is 0 Å². The third-order valence-corrected chi connectivity index (χ3v) is 7.22. The first-order chi connectivity index (χ1) is 14.4. The van der Waals surface area contributed by atoms with Gasteiger partial charge in [0.15, 0.2) is 5.82 Å². The Kier molecular flexibility index (Phi) is 5.58. The molecule has 0 amide bonds. The van der Waals surface area contributed by atoms with Gasteiger partial charge in [0, 0.05) is 36.7 Å². The highest BCUT2D eigenvalue weighted by Crippen LogP contribution is 2.35. The molecule has 0 spiro atoms. The molecular formula is C22H28N6S. The Bertz CT molecular complexity index is 879. The number of rotatable bonds is 5. The van der Waals surface area contributed by atoms with Crippen molar-refractivity contribution in [1.82, 2.24) is 25.1 Å². The van der Waals surface area contributed by atoms with Crippen LogP contribution >= 0.6 is 11.3 Å². The van der Waals surface area contributed by atoms with Gasteiger partial charge < -0.3 is 4.90 Å². The second-order valence-electron chi connectivity index (χ2n) is 8.05. The molecule has 152 valence electrons. The van der Waals surface area contributed by atoms with Crippen LogP contribution in [0.3, 0.4) is 0 Å². The Morgan fingerprint density at radius 1 is 0.897 bits per heavy atom. The Morgan fingerprint density at radius 3 is 2.41 bits per heavy atom. The summed E-state index contributed by atoms with van der Waals surface area (Å²) < 4.78 is 2.15. The second-order valence-corrected chi connectivity index (χ2v) is 9.03. The molecule has 6 nitrogen and oxygen atoms in total. The number of aromatic nitrogens is 4. The molecule has 5 rings (SSSR count). The summed E-state index contributed by atoms with van der Waals surface area (Å²) in [5.74, 6) is 1.02. The summed E-state index contributed by atoms with van der Waals surface area (Å²) in [5, 5.41) is 15.3. The molecule has 1 aromatic carbocycles. The largest absolute Gasteiger partial charge is 0.369 e. The maximum absolute atomic E-state index is 4.55. The molecule has 2 aliphatic rings. The van der Waals surface area contributed by atoms with Gasteiger partial charge in [0.1, 0.15) is 6.04 Å². The van der Waals surface area contributed by atoms with Gasteiger partial charge in [-0.15, -0.1) is 16.4 Å². The van der Waals surface area contributed by atoms with Crippen LogP contribution < -0.4 is 4.90 Å². The lowest BCUT2D eigenvalue weighted by Crippen LogP contribution is -2.48. The smallest absolute Gasteiger partial charge is 0.174 e. The Morgan fingerprint density at radius 2 is 1.69 bits per heavy atom. The molecule has 2 aromatic heterocycles. The van der Waals surface area contributed by atoms with Crippen LogP contribution in [0.15, 0.2) is 47.8 Å². The first kappa shape index (κ1) is 18.8. The molecule has 1 saturated carbocycles. The van der Waals surface area contributed by atoms with E-state index in [0.717, 1.165) is 32.0 Å². The molecule has 1 aliphatic carbocycles. The van der Waals surface area contributed by atoms with E-state index in [9.17, 15) is 0 Å². The highest BCUT2D eigenvalue weighted by Gasteiger charge is 2.33. The van der Waals surface area contributed by atoms with Crippen molar-refractivity contribution in [3.63, 3.8) is 0 Å². The summed E-state index contributed by atoms with van der Waals surface area (Å²) in [7, 11) is 0. The van der Waals surface area contributed by atoms with Crippen LogP contribution in [-0.4, -0.2) is 51.3 Å². The van der Waals surface area contributed by atoms with Crippen molar-refractivity contribution in [1.29, 1.82) is 0 Å². The number of para-hydroxylation sites is 1. The topological polar surface area (TPSA) is 50.1 Å². The van der Waals surface area contributed by atoms with E-state index < -0.39 is 0 Å². The van der Waals surface area contributed by atoms with E-state index in [1.165, 1.54) is 42.7 Å². The van der Waals surface area contributed by atoms with Crippen LogP contribution in [0.2, 0.25) is 0 Å². The Hall–Kier alpha value is -2.25. The third-order valence-electron chi connectivity index (χ3n) is 6.30. The van der Waals surface area contributed by atoms with E-state index in [2.05, 4.69) is 77.9 Å². The second kappa shape index (κ2) is 8.63. The monoisotopic (exact) mass is 408 g/mol. The molecule has 7 heteroatoms. The molecule has 0 unspecified atom stereocenters. The van der Waals surface area contributed by atoms with E-state index >= 15 is 0 Å². The fourth-order valence-corrected chi connectivity index (χ4v) is 5.62. The maximum atomic E-state index is 4.55. The van der Waals surface area contributed by atoms with Gasteiger partial charge in [0.25, 0.3) is 0 Å². The molecule has 3 heterocycles. The summed E-state index contributed by atoms with van der Waals surface area (Å²) in [4.78, 5) is 6.38. The minimum absolute atomic E-state index is 0.143. The van der Waals surface area contributed by atoms with Crippen molar-refractivity contribution in [2.24, 2.45) is 0 Å². The molecule has 29 heavy (non-hydrogen) atoms. The van der Waals surface area contributed by atoms with Gasteiger partial charge in [0.05, 0.1) is 6.04 Å². The zero-order chi connectivity index (χ0) is 19.5. The zero-order valence-corrected chi connectivity index (χ0v) is 17.5. The van der Waals surface area contributed by atoms with Crippen LogP contribution in [-0.2, 0) is 0 Å². The lowest BCUT2D eigenvalue weighted by atomic mass is 9.95. The molecule has 0 bridgehead atoms. The van der Waals surface area contributed by atoms with Gasteiger partial charge in [-0.1, -0.05) is 43.5 Å². The van der Waals surface area contributed by atoms with Crippen molar-refractivity contribution in [2.45, 2.75) is 44.2 Å². The normalized spacial score (nSPS) is 20.1. The van der Waals surface area contributed by atoms with Crippen molar-refractivity contribution in [2.75, 3.05) is 31.1 Å². The molecule has 3 aromatic rings. The number of hydrogen-bond donors (Lipinski definition) is 0. The van der Waals surface area contributed by atoms with E-state index in [4.69, 9.17) is 0 Å². The van der Waals surface area contributed by atoms with Gasteiger partial charge >= 0.3 is 0 Å². The molecule has 0 N–H and O–H groups in total. The number of piperazine rings is 1. The summed E-state index contributed by atoms with van der Waals surface area (Å²) in [6.45, 7) is 4.07. The predicted octanol–water partition coefficient (Wildman–Crippen LogP) is 4.15. The van der Waals surface area contributed by atoms with Gasteiger partial charge in [-0.05, 0) is 46.8 Å². The lowest BCUT2D eigenvalue weighted by molar-refractivity contribution is 0.196. The maximum Gasteiger partial charge on any atom is 0.174 e.